The van der Waals surface area contributed by atoms with Gasteiger partial charge in [0.1, 0.15) is 11.4 Å². The maximum Gasteiger partial charge on any atom is 0.496 e. The molecule has 6 nitrogen and oxygen atoms in total. The number of pyridine rings is 1. The maximum atomic E-state index is 13.5. The van der Waals surface area contributed by atoms with Crippen molar-refractivity contribution in [2.45, 2.75) is 71.4 Å². The molecule has 0 radical (unpaired) electrons. The predicted molar refractivity (Wildman–Crippen MR) is 94.8 cm³/mol. The first kappa shape index (κ1) is 21.5. The van der Waals surface area contributed by atoms with Crippen LogP contribution in [0.15, 0.2) is 12.3 Å². The van der Waals surface area contributed by atoms with Gasteiger partial charge in [-0.2, -0.15) is 13.2 Å². The number of hydrogen-bond acceptors (Lipinski definition) is 5. The first-order valence-corrected chi connectivity index (χ1v) is 8.45. The molecule has 1 aromatic rings. The third kappa shape index (κ3) is 4.92. The van der Waals surface area contributed by atoms with Crippen molar-refractivity contribution in [2.24, 2.45) is 0 Å². The van der Waals surface area contributed by atoms with Gasteiger partial charge in [0.05, 0.1) is 16.8 Å². The summed E-state index contributed by atoms with van der Waals surface area (Å²) in [5.74, 6) is -0.642. The second-order valence-corrected chi connectivity index (χ2v) is 8.38. The molecular formula is C17H24BF3N2O4. The molecule has 150 valence electrons. The molecule has 0 saturated carbocycles. The molecule has 27 heavy (non-hydrogen) atoms. The van der Waals surface area contributed by atoms with E-state index in [1.165, 1.54) is 6.20 Å². The number of alkyl halides is 3. The van der Waals surface area contributed by atoms with Crippen molar-refractivity contribution in [3.8, 4) is 0 Å². The van der Waals surface area contributed by atoms with E-state index in [0.29, 0.717) is 0 Å². The van der Waals surface area contributed by atoms with E-state index < -0.39 is 47.6 Å². The maximum absolute atomic E-state index is 13.5. The summed E-state index contributed by atoms with van der Waals surface area (Å²) >= 11 is 0. The van der Waals surface area contributed by atoms with Gasteiger partial charge in [-0.1, -0.05) is 0 Å². The molecule has 0 atom stereocenters. The Bertz CT molecular complexity index is 714. The predicted octanol–water partition coefficient (Wildman–Crippen LogP) is 3.75. The van der Waals surface area contributed by atoms with Crippen molar-refractivity contribution in [2.75, 3.05) is 5.32 Å². The van der Waals surface area contributed by atoms with Gasteiger partial charge in [0.2, 0.25) is 0 Å². The van der Waals surface area contributed by atoms with Gasteiger partial charge in [-0.05, 0) is 54.5 Å². The number of halogens is 3. The summed E-state index contributed by atoms with van der Waals surface area (Å²) in [5.41, 5.74) is -3.27. The van der Waals surface area contributed by atoms with Crippen molar-refractivity contribution >= 4 is 24.5 Å². The normalized spacial score (nSPS) is 19.1. The van der Waals surface area contributed by atoms with Crippen molar-refractivity contribution in [1.82, 2.24) is 4.98 Å². The second kappa shape index (κ2) is 6.66. The second-order valence-electron chi connectivity index (χ2n) is 8.38. The summed E-state index contributed by atoms with van der Waals surface area (Å²) in [6, 6.07) is 0.863. The number of aromatic nitrogens is 1. The first-order valence-electron chi connectivity index (χ1n) is 8.45. The number of amides is 1. The van der Waals surface area contributed by atoms with Gasteiger partial charge >= 0.3 is 19.4 Å². The van der Waals surface area contributed by atoms with E-state index in [1.54, 1.807) is 48.5 Å². The molecule has 0 bridgehead atoms. The molecule has 1 aromatic heterocycles. The van der Waals surface area contributed by atoms with E-state index in [-0.39, 0.29) is 5.46 Å². The van der Waals surface area contributed by atoms with Crippen LogP contribution in [0.3, 0.4) is 0 Å². The summed E-state index contributed by atoms with van der Waals surface area (Å²) in [7, 11) is -1.00. The SMILES string of the molecule is CC(C)(C)OC(=O)Nc1ncc(B2OC(C)(C)C(C)(C)O2)cc1C(F)(F)F. The Morgan fingerprint density at radius 2 is 1.67 bits per heavy atom. The third-order valence-electron chi connectivity index (χ3n) is 4.36. The van der Waals surface area contributed by atoms with Crippen LogP contribution in [-0.2, 0) is 20.2 Å². The number of rotatable bonds is 2. The molecule has 1 fully saturated rings. The lowest BCUT2D eigenvalue weighted by Crippen LogP contribution is -2.41. The van der Waals surface area contributed by atoms with Crippen molar-refractivity contribution in [3.05, 3.63) is 17.8 Å². The van der Waals surface area contributed by atoms with Crippen LogP contribution in [0.5, 0.6) is 0 Å². The monoisotopic (exact) mass is 388 g/mol. The molecule has 0 unspecified atom stereocenters. The molecule has 10 heteroatoms. The van der Waals surface area contributed by atoms with Crippen LogP contribution in [0, 0.1) is 0 Å². The van der Waals surface area contributed by atoms with Crippen LogP contribution in [-0.4, -0.2) is 35.0 Å². The first-order chi connectivity index (χ1) is 12.0. The van der Waals surface area contributed by atoms with Crippen molar-refractivity contribution in [3.63, 3.8) is 0 Å². The van der Waals surface area contributed by atoms with Crippen molar-refractivity contribution < 1.29 is 32.0 Å². The van der Waals surface area contributed by atoms with Crippen LogP contribution in [0.2, 0.25) is 0 Å². The summed E-state index contributed by atoms with van der Waals surface area (Å²) in [6.07, 6.45) is -4.58. The van der Waals surface area contributed by atoms with E-state index in [0.717, 1.165) is 6.07 Å². The lowest BCUT2D eigenvalue weighted by molar-refractivity contribution is -0.137. The van der Waals surface area contributed by atoms with E-state index in [1.807, 2.05) is 0 Å². The number of ether oxygens (including phenoxy) is 1. The Labute approximate surface area is 156 Å². The van der Waals surface area contributed by atoms with Crippen LogP contribution in [0.4, 0.5) is 23.8 Å². The molecule has 0 aliphatic carbocycles. The van der Waals surface area contributed by atoms with Gasteiger partial charge in [-0.3, -0.25) is 5.32 Å². The molecular weight excluding hydrogens is 364 g/mol. The largest absolute Gasteiger partial charge is 0.496 e. The highest BCUT2D eigenvalue weighted by Crippen LogP contribution is 2.38. The van der Waals surface area contributed by atoms with Gasteiger partial charge < -0.3 is 14.0 Å². The Morgan fingerprint density at radius 1 is 1.15 bits per heavy atom. The molecule has 0 aromatic carbocycles. The van der Waals surface area contributed by atoms with Gasteiger partial charge in [0, 0.05) is 11.7 Å². The molecule has 1 N–H and O–H groups in total. The van der Waals surface area contributed by atoms with E-state index in [4.69, 9.17) is 14.0 Å². The average Bonchev–Trinajstić information content (AvgIpc) is 2.64. The zero-order chi connectivity index (χ0) is 20.8. The Morgan fingerprint density at radius 3 is 2.11 bits per heavy atom. The Kier molecular flexibility index (Phi) is 5.31. The molecule has 1 saturated heterocycles. The van der Waals surface area contributed by atoms with Crippen LogP contribution in [0.1, 0.15) is 54.0 Å². The minimum atomic E-state index is -4.74. The molecule has 1 aliphatic heterocycles. The van der Waals surface area contributed by atoms with E-state index in [2.05, 4.69) is 10.3 Å². The van der Waals surface area contributed by atoms with Crippen molar-refractivity contribution in [1.29, 1.82) is 0 Å². The summed E-state index contributed by atoms with van der Waals surface area (Å²) in [5, 5.41) is 2.05. The smallest absolute Gasteiger partial charge is 0.444 e. The standard InChI is InChI=1S/C17H24BF3N2O4/c1-14(2,3)25-13(24)23-12-11(17(19,20)21)8-10(9-22-12)18-26-15(4,5)16(6,7)27-18/h8-9H,1-7H3,(H,22,23,24). The van der Waals surface area contributed by atoms with Gasteiger partial charge in [0.25, 0.3) is 0 Å². The minimum Gasteiger partial charge on any atom is -0.444 e. The Hall–Kier alpha value is -1.81. The fourth-order valence-electron chi connectivity index (χ4n) is 2.30. The lowest BCUT2D eigenvalue weighted by atomic mass is 9.79. The zero-order valence-corrected chi connectivity index (χ0v) is 16.4. The molecule has 0 spiro atoms. The minimum absolute atomic E-state index is 0.107. The fourth-order valence-corrected chi connectivity index (χ4v) is 2.30. The van der Waals surface area contributed by atoms with Gasteiger partial charge in [-0.15, -0.1) is 0 Å². The number of nitrogens with zero attached hydrogens (tertiary/aromatic N) is 1. The fraction of sp³-hybridized carbons (Fsp3) is 0.647. The highest BCUT2D eigenvalue weighted by atomic mass is 19.4. The van der Waals surface area contributed by atoms with Crippen LogP contribution >= 0.6 is 0 Å². The number of anilines is 1. The summed E-state index contributed by atoms with van der Waals surface area (Å²) < 4.78 is 57.0. The number of carbonyl (C=O) groups is 1. The van der Waals surface area contributed by atoms with E-state index >= 15 is 0 Å². The third-order valence-corrected chi connectivity index (χ3v) is 4.36. The molecule has 2 heterocycles. The quantitative estimate of drug-likeness (QED) is 0.782. The topological polar surface area (TPSA) is 69.7 Å². The average molecular weight is 388 g/mol. The van der Waals surface area contributed by atoms with Crippen LogP contribution < -0.4 is 10.8 Å². The summed E-state index contributed by atoms with van der Waals surface area (Å²) in [4.78, 5) is 15.6. The zero-order valence-electron chi connectivity index (χ0n) is 16.4. The van der Waals surface area contributed by atoms with Gasteiger partial charge in [-0.25, -0.2) is 9.78 Å². The highest BCUT2D eigenvalue weighted by Gasteiger charge is 2.52. The molecule has 1 amide bonds. The van der Waals surface area contributed by atoms with Crippen LogP contribution in [0.25, 0.3) is 0 Å². The highest BCUT2D eigenvalue weighted by molar-refractivity contribution is 6.62. The number of hydrogen-bond donors (Lipinski definition) is 1. The lowest BCUT2D eigenvalue weighted by Gasteiger charge is -2.32. The number of nitrogens with one attached hydrogen (secondary N) is 1. The molecule has 2 rings (SSSR count). The van der Waals surface area contributed by atoms with Gasteiger partial charge in [0.15, 0.2) is 0 Å². The number of carbonyl (C=O) groups excluding carboxylic acids is 1. The summed E-state index contributed by atoms with van der Waals surface area (Å²) in [6.45, 7) is 12.0. The van der Waals surface area contributed by atoms with E-state index in [9.17, 15) is 18.0 Å². The Balaban J connectivity index is 2.33. The molecule has 1 aliphatic rings.